The van der Waals surface area contributed by atoms with Crippen molar-refractivity contribution in [3.05, 3.63) is 23.2 Å². The van der Waals surface area contributed by atoms with E-state index in [2.05, 4.69) is 10.3 Å². The van der Waals surface area contributed by atoms with E-state index in [4.69, 9.17) is 11.6 Å². The predicted molar refractivity (Wildman–Crippen MR) is 66.3 cm³/mol. The van der Waals surface area contributed by atoms with E-state index in [-0.39, 0.29) is 18.0 Å². The highest BCUT2D eigenvalue weighted by atomic mass is 35.5. The van der Waals surface area contributed by atoms with Gasteiger partial charge in [0.2, 0.25) is 0 Å². The Balaban J connectivity index is 1.95. The van der Waals surface area contributed by atoms with E-state index < -0.39 is 11.7 Å². The Morgan fingerprint density at radius 1 is 1.33 bits per heavy atom. The highest BCUT2D eigenvalue weighted by Crippen LogP contribution is 2.51. The van der Waals surface area contributed by atoms with E-state index in [1.54, 1.807) is 18.2 Å². The van der Waals surface area contributed by atoms with Crippen LogP contribution in [0, 0.1) is 0 Å². The molecule has 7 heteroatoms. The van der Waals surface area contributed by atoms with Crippen molar-refractivity contribution in [1.29, 1.82) is 0 Å². The lowest BCUT2D eigenvalue weighted by molar-refractivity contribution is -0.151. The maximum absolute atomic E-state index is 12.8. The minimum Gasteiger partial charge on any atom is -0.347 e. The molecule has 2 nitrogen and oxygen atoms in total. The average Bonchev–Trinajstić information content (AvgIpc) is 2.92. The molecule has 1 heterocycles. The van der Waals surface area contributed by atoms with Gasteiger partial charge in [-0.2, -0.15) is 13.2 Å². The van der Waals surface area contributed by atoms with E-state index in [0.29, 0.717) is 15.2 Å². The predicted octanol–water partition coefficient (Wildman–Crippen LogP) is 4.46. The third-order valence-corrected chi connectivity index (χ3v) is 4.45. The molecular weight excluding hydrogens is 285 g/mol. The molecule has 96 valence electrons. The number of nitrogens with zero attached hydrogens (tertiary/aromatic N) is 1. The molecular formula is C11H8ClF3N2S. The lowest BCUT2D eigenvalue weighted by Gasteiger charge is -2.19. The molecule has 0 bridgehead atoms. The molecule has 1 aromatic heterocycles. The van der Waals surface area contributed by atoms with Gasteiger partial charge in [0.05, 0.1) is 15.2 Å². The molecule has 0 unspecified atom stereocenters. The summed E-state index contributed by atoms with van der Waals surface area (Å²) in [6.07, 6.45) is -4.05. The molecule has 0 aliphatic heterocycles. The van der Waals surface area contributed by atoms with Gasteiger partial charge in [0, 0.05) is 0 Å². The maximum atomic E-state index is 12.8. The first kappa shape index (κ1) is 12.0. The number of anilines is 1. The monoisotopic (exact) mass is 292 g/mol. The van der Waals surface area contributed by atoms with Crippen LogP contribution in [-0.2, 0) is 0 Å². The summed E-state index contributed by atoms with van der Waals surface area (Å²) in [6.45, 7) is 0. The summed E-state index contributed by atoms with van der Waals surface area (Å²) in [5, 5.41) is 3.29. The second-order valence-electron chi connectivity index (χ2n) is 4.31. The zero-order chi connectivity index (χ0) is 13.0. The minimum atomic E-state index is -4.24. The van der Waals surface area contributed by atoms with E-state index in [1.807, 2.05) is 0 Å². The quantitative estimate of drug-likeness (QED) is 0.884. The van der Waals surface area contributed by atoms with Crippen LogP contribution in [0.1, 0.15) is 12.8 Å². The number of hydrogen-bond acceptors (Lipinski definition) is 3. The van der Waals surface area contributed by atoms with Crippen molar-refractivity contribution in [2.24, 2.45) is 0 Å². The second-order valence-corrected chi connectivity index (χ2v) is 5.72. The number of halogens is 4. The maximum Gasteiger partial charge on any atom is 0.411 e. The van der Waals surface area contributed by atoms with Gasteiger partial charge in [0.15, 0.2) is 5.13 Å². The van der Waals surface area contributed by atoms with Crippen LogP contribution in [0.25, 0.3) is 10.2 Å². The van der Waals surface area contributed by atoms with Gasteiger partial charge in [-0.3, -0.25) is 0 Å². The lowest BCUT2D eigenvalue weighted by atomic mass is 10.3. The number of fused-ring (bicyclic) bond motifs is 1. The van der Waals surface area contributed by atoms with Crippen LogP contribution < -0.4 is 5.32 Å². The number of rotatable bonds is 2. The van der Waals surface area contributed by atoms with Crippen molar-refractivity contribution in [3.63, 3.8) is 0 Å². The molecule has 0 radical (unpaired) electrons. The number of alkyl halides is 3. The molecule has 1 fully saturated rings. The molecule has 1 saturated carbocycles. The number of benzene rings is 1. The third kappa shape index (κ3) is 1.83. The smallest absolute Gasteiger partial charge is 0.347 e. The molecule has 0 atom stereocenters. The van der Waals surface area contributed by atoms with Crippen LogP contribution >= 0.6 is 22.9 Å². The normalized spacial score (nSPS) is 18.0. The van der Waals surface area contributed by atoms with Crippen molar-refractivity contribution < 1.29 is 13.2 Å². The van der Waals surface area contributed by atoms with Crippen molar-refractivity contribution in [2.75, 3.05) is 5.32 Å². The Morgan fingerprint density at radius 2 is 2.06 bits per heavy atom. The van der Waals surface area contributed by atoms with Crippen molar-refractivity contribution >= 4 is 38.3 Å². The largest absolute Gasteiger partial charge is 0.411 e. The molecule has 1 aromatic carbocycles. The Kier molecular flexibility index (Phi) is 2.50. The van der Waals surface area contributed by atoms with E-state index >= 15 is 0 Å². The van der Waals surface area contributed by atoms with Crippen LogP contribution in [0.3, 0.4) is 0 Å². The van der Waals surface area contributed by atoms with E-state index in [9.17, 15) is 13.2 Å². The zero-order valence-corrected chi connectivity index (χ0v) is 10.6. The summed E-state index contributed by atoms with van der Waals surface area (Å²) in [7, 11) is 0. The Morgan fingerprint density at radius 3 is 2.61 bits per heavy atom. The van der Waals surface area contributed by atoms with Crippen LogP contribution in [0.2, 0.25) is 5.02 Å². The van der Waals surface area contributed by atoms with Crippen LogP contribution in [0.15, 0.2) is 18.2 Å². The zero-order valence-electron chi connectivity index (χ0n) is 9.01. The van der Waals surface area contributed by atoms with Crippen LogP contribution in [0.5, 0.6) is 0 Å². The van der Waals surface area contributed by atoms with Crippen molar-refractivity contribution in [1.82, 2.24) is 4.98 Å². The fourth-order valence-corrected chi connectivity index (χ4v) is 3.03. The Labute approximate surface area is 110 Å². The molecule has 0 saturated heterocycles. The van der Waals surface area contributed by atoms with Gasteiger partial charge in [0.25, 0.3) is 0 Å². The first-order valence-electron chi connectivity index (χ1n) is 5.31. The van der Waals surface area contributed by atoms with E-state index in [1.165, 1.54) is 0 Å². The highest BCUT2D eigenvalue weighted by molar-refractivity contribution is 7.22. The number of thiazole rings is 1. The lowest BCUT2D eigenvalue weighted by Crippen LogP contribution is -2.38. The van der Waals surface area contributed by atoms with Gasteiger partial charge in [-0.15, -0.1) is 0 Å². The topological polar surface area (TPSA) is 24.9 Å². The SMILES string of the molecule is FC(F)(F)C1(Nc2nc3cccc(Cl)c3s2)CC1. The minimum absolute atomic E-state index is 0.0974. The van der Waals surface area contributed by atoms with E-state index in [0.717, 1.165) is 11.3 Å². The summed E-state index contributed by atoms with van der Waals surface area (Å²) in [5.41, 5.74) is -1.17. The first-order valence-corrected chi connectivity index (χ1v) is 6.51. The number of aromatic nitrogens is 1. The standard InChI is InChI=1S/C11H8ClF3N2S/c12-6-2-1-3-7-8(6)18-9(16-7)17-10(4-5-10)11(13,14)15/h1-3H,4-5H2,(H,16,17). The highest BCUT2D eigenvalue weighted by Gasteiger charge is 2.63. The fraction of sp³-hybridized carbons (Fsp3) is 0.364. The molecule has 2 aromatic rings. The first-order chi connectivity index (χ1) is 8.41. The van der Waals surface area contributed by atoms with Crippen LogP contribution in [0.4, 0.5) is 18.3 Å². The molecule has 0 spiro atoms. The van der Waals surface area contributed by atoms with Gasteiger partial charge in [-0.1, -0.05) is 29.0 Å². The summed E-state index contributed by atoms with van der Waals surface area (Å²) in [4.78, 5) is 4.14. The van der Waals surface area contributed by atoms with Gasteiger partial charge in [-0.25, -0.2) is 4.98 Å². The van der Waals surface area contributed by atoms with Gasteiger partial charge in [-0.05, 0) is 25.0 Å². The van der Waals surface area contributed by atoms with Crippen LogP contribution in [-0.4, -0.2) is 16.7 Å². The Bertz CT molecular complexity index is 604. The summed E-state index contributed by atoms with van der Waals surface area (Å²) < 4.78 is 39.1. The molecule has 18 heavy (non-hydrogen) atoms. The van der Waals surface area contributed by atoms with Gasteiger partial charge < -0.3 is 5.32 Å². The summed E-state index contributed by atoms with van der Waals surface area (Å²) in [5.74, 6) is 0. The van der Waals surface area contributed by atoms with Crippen molar-refractivity contribution in [2.45, 2.75) is 24.6 Å². The van der Waals surface area contributed by atoms with Gasteiger partial charge in [0.1, 0.15) is 5.54 Å². The van der Waals surface area contributed by atoms with Crippen molar-refractivity contribution in [3.8, 4) is 0 Å². The summed E-state index contributed by atoms with van der Waals surface area (Å²) in [6, 6.07) is 5.16. The molecule has 1 aliphatic carbocycles. The average molecular weight is 293 g/mol. The molecule has 1 aliphatic rings. The Hall–Kier alpha value is -1.01. The number of hydrogen-bond donors (Lipinski definition) is 1. The number of nitrogens with one attached hydrogen (secondary N) is 1. The molecule has 1 N–H and O–H groups in total. The molecule has 0 amide bonds. The summed E-state index contributed by atoms with van der Waals surface area (Å²) >= 11 is 7.12. The van der Waals surface area contributed by atoms with Gasteiger partial charge >= 0.3 is 6.18 Å². The molecule has 3 rings (SSSR count). The fourth-order valence-electron chi connectivity index (χ4n) is 1.78. The second kappa shape index (κ2) is 3.74. The third-order valence-electron chi connectivity index (χ3n) is 3.01.